The summed E-state index contributed by atoms with van der Waals surface area (Å²) in [6, 6.07) is 14.1. The Hall–Kier alpha value is -2.49. The van der Waals surface area contributed by atoms with E-state index in [0.29, 0.717) is 6.42 Å². The van der Waals surface area contributed by atoms with Crippen molar-refractivity contribution >= 4 is 25.9 Å². The smallest absolute Gasteiger partial charge is 0.306 e. The van der Waals surface area contributed by atoms with Crippen LogP contribution in [0.2, 0.25) is 0 Å². The van der Waals surface area contributed by atoms with Gasteiger partial charge < -0.3 is 4.74 Å². The molecular formula is C22H28O7S2. The monoisotopic (exact) mass is 468 g/mol. The molecule has 0 spiro atoms. The fourth-order valence-corrected chi connectivity index (χ4v) is 3.75. The molecule has 0 aliphatic rings. The lowest BCUT2D eigenvalue weighted by Gasteiger charge is -2.19. The van der Waals surface area contributed by atoms with Crippen LogP contribution in [0, 0.1) is 6.92 Å². The number of aryl methyl sites for hydroxylation is 1. The zero-order valence-corrected chi connectivity index (χ0v) is 19.6. The predicted molar refractivity (Wildman–Crippen MR) is 119 cm³/mol. The molecule has 0 unspecified atom stereocenters. The van der Waals surface area contributed by atoms with E-state index < -0.39 is 25.6 Å². The summed E-state index contributed by atoms with van der Waals surface area (Å²) in [6.07, 6.45) is 1.98. The summed E-state index contributed by atoms with van der Waals surface area (Å²) < 4.78 is 58.5. The van der Waals surface area contributed by atoms with Gasteiger partial charge in [-0.1, -0.05) is 42.0 Å². The zero-order valence-electron chi connectivity index (χ0n) is 18.0. The number of allylic oxidation sites excluding steroid dienone is 1. The molecule has 0 bridgehead atoms. The van der Waals surface area contributed by atoms with Crippen molar-refractivity contribution in [3.05, 3.63) is 71.6 Å². The van der Waals surface area contributed by atoms with E-state index in [1.165, 1.54) is 30.3 Å². The van der Waals surface area contributed by atoms with Gasteiger partial charge in [0, 0.05) is 11.8 Å². The van der Waals surface area contributed by atoms with Gasteiger partial charge in [0.1, 0.15) is 5.60 Å². The third-order valence-corrected chi connectivity index (χ3v) is 5.95. The largest absolute Gasteiger partial charge is 0.460 e. The lowest BCUT2D eigenvalue weighted by atomic mass is 10.2. The number of benzene rings is 2. The van der Waals surface area contributed by atoms with Crippen LogP contribution in [0.3, 0.4) is 0 Å². The molecule has 0 radical (unpaired) electrons. The lowest BCUT2D eigenvalue weighted by molar-refractivity contribution is -0.154. The average Bonchev–Trinajstić information content (AvgIpc) is 2.65. The molecule has 7 nitrogen and oxygen atoms in total. The standard InChI is InChI=1S/C15H20O4S.C7H8O3S/c1-15(2,3)19-14(16)11-7-8-12-20(17,18)13-9-5-4-6-10-13;1-6-2-4-7(5-3-6)11(8,9)10/h4-6,8-10,12H,7,11H2,1-3H3;2-5H,1H3,(H,8,9,10). The van der Waals surface area contributed by atoms with Crippen molar-refractivity contribution in [3.8, 4) is 0 Å². The van der Waals surface area contributed by atoms with E-state index in [4.69, 9.17) is 9.29 Å². The molecular weight excluding hydrogens is 440 g/mol. The molecule has 0 atom stereocenters. The van der Waals surface area contributed by atoms with Crippen LogP contribution in [-0.4, -0.2) is 33.0 Å². The summed E-state index contributed by atoms with van der Waals surface area (Å²) in [4.78, 5) is 11.6. The predicted octanol–water partition coefficient (Wildman–Crippen LogP) is 4.34. The van der Waals surface area contributed by atoms with Crippen molar-refractivity contribution in [2.45, 2.75) is 55.9 Å². The first kappa shape index (κ1) is 26.5. The Labute approximate surface area is 184 Å². The van der Waals surface area contributed by atoms with E-state index in [-0.39, 0.29) is 22.2 Å². The molecule has 31 heavy (non-hydrogen) atoms. The third kappa shape index (κ3) is 10.9. The minimum Gasteiger partial charge on any atom is -0.460 e. The molecule has 0 saturated heterocycles. The van der Waals surface area contributed by atoms with Crippen LogP contribution < -0.4 is 0 Å². The van der Waals surface area contributed by atoms with Crippen LogP contribution in [0.25, 0.3) is 0 Å². The van der Waals surface area contributed by atoms with E-state index in [1.54, 1.807) is 51.1 Å². The molecule has 2 aromatic rings. The summed E-state index contributed by atoms with van der Waals surface area (Å²) in [7, 11) is -7.45. The minimum absolute atomic E-state index is 0.0666. The summed E-state index contributed by atoms with van der Waals surface area (Å²) in [6.45, 7) is 7.22. The fraction of sp³-hybridized carbons (Fsp3) is 0.318. The van der Waals surface area contributed by atoms with Crippen LogP contribution in [0.15, 0.2) is 75.9 Å². The number of sulfone groups is 1. The number of carbonyl (C=O) groups is 1. The highest BCUT2D eigenvalue weighted by molar-refractivity contribution is 7.94. The molecule has 9 heteroatoms. The Balaban J connectivity index is 0.000000367. The molecule has 0 saturated carbocycles. The first-order chi connectivity index (χ1) is 14.2. The second-order valence-corrected chi connectivity index (χ2v) is 10.9. The van der Waals surface area contributed by atoms with E-state index >= 15 is 0 Å². The van der Waals surface area contributed by atoms with Crippen LogP contribution in [0.4, 0.5) is 0 Å². The average molecular weight is 469 g/mol. The van der Waals surface area contributed by atoms with Crippen molar-refractivity contribution < 1.29 is 30.9 Å². The highest BCUT2D eigenvalue weighted by atomic mass is 32.2. The number of hydrogen-bond donors (Lipinski definition) is 1. The topological polar surface area (TPSA) is 115 Å². The van der Waals surface area contributed by atoms with Crippen LogP contribution >= 0.6 is 0 Å². The van der Waals surface area contributed by atoms with Crippen molar-refractivity contribution in [1.29, 1.82) is 0 Å². The van der Waals surface area contributed by atoms with E-state index in [1.807, 2.05) is 6.92 Å². The first-order valence-corrected chi connectivity index (χ1v) is 12.4. The van der Waals surface area contributed by atoms with Gasteiger partial charge in [0.15, 0.2) is 9.84 Å². The summed E-state index contributed by atoms with van der Waals surface area (Å²) in [5.41, 5.74) is 0.439. The van der Waals surface area contributed by atoms with Crippen LogP contribution in [0.1, 0.15) is 39.2 Å². The van der Waals surface area contributed by atoms with Gasteiger partial charge in [0.05, 0.1) is 9.79 Å². The quantitative estimate of drug-likeness (QED) is 0.495. The minimum atomic E-state index is -4.02. The summed E-state index contributed by atoms with van der Waals surface area (Å²) in [5, 5.41) is 1.13. The molecule has 1 N–H and O–H groups in total. The zero-order chi connectivity index (χ0) is 23.7. The lowest BCUT2D eigenvalue weighted by Crippen LogP contribution is -2.23. The van der Waals surface area contributed by atoms with E-state index in [9.17, 15) is 21.6 Å². The van der Waals surface area contributed by atoms with Crippen molar-refractivity contribution in [2.75, 3.05) is 0 Å². The SMILES string of the molecule is CC(C)(C)OC(=O)CCC=CS(=O)(=O)c1ccccc1.Cc1ccc(S(=O)(=O)O)cc1. The Bertz CT molecular complexity index is 1080. The Morgan fingerprint density at radius 2 is 1.48 bits per heavy atom. The molecule has 0 aliphatic carbocycles. The highest BCUT2D eigenvalue weighted by Gasteiger charge is 2.15. The number of hydrogen-bond acceptors (Lipinski definition) is 6. The first-order valence-electron chi connectivity index (χ1n) is 9.43. The summed E-state index contributed by atoms with van der Waals surface area (Å²) >= 11 is 0. The molecule has 0 fully saturated rings. The third-order valence-electron chi connectivity index (χ3n) is 3.60. The van der Waals surface area contributed by atoms with Crippen molar-refractivity contribution in [1.82, 2.24) is 0 Å². The Morgan fingerprint density at radius 1 is 0.935 bits per heavy atom. The molecule has 0 aromatic heterocycles. The maximum Gasteiger partial charge on any atom is 0.306 e. The second kappa shape index (κ2) is 11.2. The fourth-order valence-electron chi connectivity index (χ4n) is 2.19. The van der Waals surface area contributed by atoms with Crippen molar-refractivity contribution in [2.24, 2.45) is 0 Å². The molecule has 2 aromatic carbocycles. The van der Waals surface area contributed by atoms with Gasteiger partial charge >= 0.3 is 5.97 Å². The van der Waals surface area contributed by atoms with E-state index in [2.05, 4.69) is 0 Å². The van der Waals surface area contributed by atoms with E-state index in [0.717, 1.165) is 11.0 Å². The molecule has 0 amide bonds. The summed E-state index contributed by atoms with van der Waals surface area (Å²) in [5.74, 6) is -0.334. The maximum atomic E-state index is 11.9. The number of esters is 1. The van der Waals surface area contributed by atoms with Gasteiger partial charge in [0.2, 0.25) is 0 Å². The second-order valence-electron chi connectivity index (χ2n) is 7.64. The normalized spacial score (nSPS) is 12.2. The van der Waals surface area contributed by atoms with Gasteiger partial charge in [-0.25, -0.2) is 8.42 Å². The molecule has 0 heterocycles. The van der Waals surface area contributed by atoms with Crippen molar-refractivity contribution in [3.63, 3.8) is 0 Å². The van der Waals surface area contributed by atoms with Gasteiger partial charge in [-0.3, -0.25) is 9.35 Å². The highest BCUT2D eigenvalue weighted by Crippen LogP contribution is 2.13. The molecule has 0 aliphatic heterocycles. The van der Waals surface area contributed by atoms with Crippen LogP contribution in [-0.2, 0) is 29.5 Å². The van der Waals surface area contributed by atoms with Gasteiger partial charge in [-0.15, -0.1) is 0 Å². The number of carbonyl (C=O) groups excluding carboxylic acids is 1. The molecule has 2 rings (SSSR count). The van der Waals surface area contributed by atoms with Gasteiger partial charge in [-0.2, -0.15) is 8.42 Å². The van der Waals surface area contributed by atoms with Gasteiger partial charge in [-0.05, 0) is 58.4 Å². The Morgan fingerprint density at radius 3 is 1.97 bits per heavy atom. The maximum absolute atomic E-state index is 11.9. The Kier molecular flexibility index (Phi) is 9.61. The van der Waals surface area contributed by atoms with Crippen LogP contribution in [0.5, 0.6) is 0 Å². The van der Waals surface area contributed by atoms with Gasteiger partial charge in [0.25, 0.3) is 10.1 Å². The number of ether oxygens (including phenoxy) is 1. The molecule has 170 valence electrons. The number of rotatable bonds is 6.